The minimum absolute atomic E-state index is 0.0592. The van der Waals surface area contributed by atoms with Crippen LogP contribution in [0.3, 0.4) is 0 Å². The molecule has 0 spiro atoms. The van der Waals surface area contributed by atoms with Gasteiger partial charge in [-0.3, -0.25) is 4.99 Å². The van der Waals surface area contributed by atoms with Gasteiger partial charge < -0.3 is 5.32 Å². The first-order chi connectivity index (χ1) is 17.8. The van der Waals surface area contributed by atoms with Crippen LogP contribution in [-0.2, 0) is 6.18 Å². The summed E-state index contributed by atoms with van der Waals surface area (Å²) >= 11 is 0. The monoisotopic (exact) mass is 507 g/mol. The molecule has 1 unspecified atom stereocenters. The van der Waals surface area contributed by atoms with Crippen molar-refractivity contribution >= 4 is 22.7 Å². The summed E-state index contributed by atoms with van der Waals surface area (Å²) in [5, 5.41) is 4.15. The predicted molar refractivity (Wildman–Crippen MR) is 148 cm³/mol. The molecule has 3 nitrogen and oxygen atoms in total. The molecule has 2 fully saturated rings. The molecule has 2 aromatic rings. The van der Waals surface area contributed by atoms with Crippen LogP contribution in [0.15, 0.2) is 66.2 Å². The van der Waals surface area contributed by atoms with E-state index in [2.05, 4.69) is 34.5 Å². The summed E-state index contributed by atoms with van der Waals surface area (Å²) in [6, 6.07) is 5.71. The molecule has 0 radical (unpaired) electrons. The number of rotatable bonds is 6. The van der Waals surface area contributed by atoms with Gasteiger partial charge in [0.15, 0.2) is 5.69 Å². The van der Waals surface area contributed by atoms with Crippen LogP contribution in [0.4, 0.5) is 13.2 Å². The third-order valence-corrected chi connectivity index (χ3v) is 7.15. The number of alkyl halides is 3. The van der Waals surface area contributed by atoms with Crippen molar-refractivity contribution in [2.45, 2.75) is 57.5 Å². The lowest BCUT2D eigenvalue weighted by Crippen LogP contribution is -2.32. The van der Waals surface area contributed by atoms with Crippen molar-refractivity contribution in [3.63, 3.8) is 0 Å². The standard InChI is InChI=1S/C28H30F3N3.C3H6/c1-4-7-19(5-2)25-18(3)23-16-21(9-10-24(23)34-27(25)28(29,30)31)26(20-11-14-32-15-12-20)22-8-6-13-33-17-22;1-2-3-1/h4-5,7-10,16-17,20,26,32H,1-2,6,11-15H2,3H3;1-3H2/b19-7+;. The molecule has 1 aromatic heterocycles. The van der Waals surface area contributed by atoms with Gasteiger partial charge in [0.1, 0.15) is 0 Å². The number of aryl methyl sites for hydroxylation is 1. The zero-order valence-corrected chi connectivity index (χ0v) is 21.6. The number of aliphatic imine (C=N–C) groups is 1. The minimum Gasteiger partial charge on any atom is -0.317 e. The number of nitrogens with one attached hydrogen (secondary N) is 1. The molecular formula is C31H36F3N3. The zero-order chi connectivity index (χ0) is 26.4. The number of halogens is 3. The highest BCUT2D eigenvalue weighted by molar-refractivity contribution is 5.91. The Morgan fingerprint density at radius 3 is 2.43 bits per heavy atom. The van der Waals surface area contributed by atoms with Crippen molar-refractivity contribution in [3.8, 4) is 0 Å². The molecule has 2 aliphatic heterocycles. The molecule has 196 valence electrons. The maximum absolute atomic E-state index is 14.0. The molecule has 1 aromatic carbocycles. The van der Waals surface area contributed by atoms with E-state index in [0.29, 0.717) is 22.6 Å². The fourth-order valence-electron chi connectivity index (χ4n) is 5.22. The Bertz CT molecular complexity index is 1230. The molecule has 37 heavy (non-hydrogen) atoms. The van der Waals surface area contributed by atoms with Gasteiger partial charge in [0.2, 0.25) is 0 Å². The third kappa shape index (κ3) is 6.48. The highest BCUT2D eigenvalue weighted by atomic mass is 19.4. The van der Waals surface area contributed by atoms with Crippen LogP contribution in [-0.4, -0.2) is 30.8 Å². The average molecular weight is 508 g/mol. The van der Waals surface area contributed by atoms with Gasteiger partial charge >= 0.3 is 6.18 Å². The van der Waals surface area contributed by atoms with Crippen LogP contribution in [0.5, 0.6) is 0 Å². The molecule has 1 saturated carbocycles. The summed E-state index contributed by atoms with van der Waals surface area (Å²) < 4.78 is 42.0. The molecule has 0 bridgehead atoms. The Morgan fingerprint density at radius 2 is 1.86 bits per heavy atom. The topological polar surface area (TPSA) is 37.3 Å². The Balaban J connectivity index is 0.000000994. The molecule has 0 amide bonds. The number of hydrogen-bond donors (Lipinski definition) is 1. The SMILES string of the molecule is C1CC1.C=C/C=C(\C=C)c1c(C(F)(F)F)nc2ccc(C(C3=CCCN=C3)C3CCNCC3)cc2c1C. The van der Waals surface area contributed by atoms with Crippen LogP contribution in [0.1, 0.15) is 66.8 Å². The van der Waals surface area contributed by atoms with Gasteiger partial charge in [-0.25, -0.2) is 4.98 Å². The number of aromatic nitrogens is 1. The van der Waals surface area contributed by atoms with E-state index in [9.17, 15) is 13.2 Å². The largest absolute Gasteiger partial charge is 0.433 e. The van der Waals surface area contributed by atoms with E-state index in [-0.39, 0.29) is 11.5 Å². The van der Waals surface area contributed by atoms with Gasteiger partial charge in [-0.1, -0.05) is 62.8 Å². The molecule has 5 rings (SSSR count). The van der Waals surface area contributed by atoms with Crippen molar-refractivity contribution in [2.75, 3.05) is 19.6 Å². The van der Waals surface area contributed by atoms with Crippen molar-refractivity contribution in [3.05, 3.63) is 83.6 Å². The lowest BCUT2D eigenvalue weighted by molar-refractivity contribution is -0.141. The number of hydrogen-bond acceptors (Lipinski definition) is 3. The van der Waals surface area contributed by atoms with E-state index >= 15 is 0 Å². The maximum atomic E-state index is 14.0. The fourth-order valence-corrected chi connectivity index (χ4v) is 5.22. The fraction of sp³-hybridized carbons (Fsp3) is 0.419. The highest BCUT2D eigenvalue weighted by Crippen LogP contribution is 2.42. The van der Waals surface area contributed by atoms with Gasteiger partial charge in [-0.2, -0.15) is 13.2 Å². The molecule has 1 aliphatic carbocycles. The summed E-state index contributed by atoms with van der Waals surface area (Å²) in [7, 11) is 0. The number of benzene rings is 1. The third-order valence-electron chi connectivity index (χ3n) is 7.15. The first kappa shape index (κ1) is 27.1. The van der Waals surface area contributed by atoms with Gasteiger partial charge in [0, 0.05) is 29.6 Å². The van der Waals surface area contributed by atoms with Crippen LogP contribution < -0.4 is 5.32 Å². The Labute approximate surface area is 218 Å². The van der Waals surface area contributed by atoms with Gasteiger partial charge in [-0.15, -0.1) is 0 Å². The lowest BCUT2D eigenvalue weighted by atomic mass is 9.75. The zero-order valence-electron chi connectivity index (χ0n) is 21.6. The molecular weight excluding hydrogens is 471 g/mol. The van der Waals surface area contributed by atoms with Gasteiger partial charge in [-0.05, 0) is 79.6 Å². The van der Waals surface area contributed by atoms with Crippen molar-refractivity contribution in [2.24, 2.45) is 10.9 Å². The second-order valence-corrected chi connectivity index (χ2v) is 9.95. The van der Waals surface area contributed by atoms with Crippen LogP contribution >= 0.6 is 0 Å². The normalized spacial score (nSPS) is 19.0. The number of dihydropyridines is 1. The number of piperidine rings is 1. The van der Waals surface area contributed by atoms with E-state index in [4.69, 9.17) is 0 Å². The Hall–Kier alpha value is -2.99. The number of allylic oxidation sites excluding steroid dienone is 5. The van der Waals surface area contributed by atoms with Gasteiger partial charge in [0.25, 0.3) is 0 Å². The molecule has 6 heteroatoms. The molecule has 1 N–H and O–H groups in total. The van der Waals surface area contributed by atoms with E-state index in [1.165, 1.54) is 37.0 Å². The predicted octanol–water partition coefficient (Wildman–Crippen LogP) is 7.97. The van der Waals surface area contributed by atoms with E-state index in [1.807, 2.05) is 18.3 Å². The second-order valence-electron chi connectivity index (χ2n) is 9.95. The first-order valence-electron chi connectivity index (χ1n) is 13.2. The number of fused-ring (bicyclic) bond motifs is 1. The van der Waals surface area contributed by atoms with Crippen molar-refractivity contribution in [1.29, 1.82) is 0 Å². The molecule has 1 saturated heterocycles. The highest BCUT2D eigenvalue weighted by Gasteiger charge is 2.37. The van der Waals surface area contributed by atoms with E-state index in [0.717, 1.165) is 49.8 Å². The summed E-state index contributed by atoms with van der Waals surface area (Å²) in [5.74, 6) is 0.601. The summed E-state index contributed by atoms with van der Waals surface area (Å²) in [6.45, 7) is 11.8. The van der Waals surface area contributed by atoms with Crippen LogP contribution in [0.25, 0.3) is 16.5 Å². The van der Waals surface area contributed by atoms with Crippen molar-refractivity contribution < 1.29 is 13.2 Å². The van der Waals surface area contributed by atoms with Crippen LogP contribution in [0, 0.1) is 12.8 Å². The Morgan fingerprint density at radius 1 is 1.14 bits per heavy atom. The van der Waals surface area contributed by atoms with E-state index in [1.54, 1.807) is 19.1 Å². The number of nitrogens with zero attached hydrogens (tertiary/aromatic N) is 2. The first-order valence-corrected chi connectivity index (χ1v) is 13.2. The summed E-state index contributed by atoms with van der Waals surface area (Å²) in [6.07, 6.45) is 11.6. The summed E-state index contributed by atoms with van der Waals surface area (Å²) in [5.41, 5.74) is 2.71. The molecule has 1 atom stereocenters. The molecule has 3 aliphatic rings. The average Bonchev–Trinajstić information content (AvgIpc) is 3.79. The van der Waals surface area contributed by atoms with Gasteiger partial charge in [0.05, 0.1) is 5.52 Å². The molecule has 3 heterocycles. The van der Waals surface area contributed by atoms with Crippen LogP contribution in [0.2, 0.25) is 0 Å². The Kier molecular flexibility index (Phi) is 8.80. The van der Waals surface area contributed by atoms with E-state index < -0.39 is 11.9 Å². The summed E-state index contributed by atoms with van der Waals surface area (Å²) in [4.78, 5) is 8.60. The quantitative estimate of drug-likeness (QED) is 0.403. The smallest absolute Gasteiger partial charge is 0.317 e. The number of pyridine rings is 1. The lowest BCUT2D eigenvalue weighted by Gasteiger charge is -2.33. The van der Waals surface area contributed by atoms with Crippen molar-refractivity contribution in [1.82, 2.24) is 10.3 Å². The second kappa shape index (κ2) is 12.0. The maximum Gasteiger partial charge on any atom is 0.433 e. The minimum atomic E-state index is -4.59.